The molecule has 1 atom stereocenters. The van der Waals surface area contributed by atoms with Gasteiger partial charge in [-0.25, -0.2) is 9.59 Å². The minimum Gasteiger partial charge on any atom is -0.476 e. The molecule has 1 fully saturated rings. The Balaban J connectivity index is 1.51. The molecule has 1 N–H and O–H groups in total. The van der Waals surface area contributed by atoms with Gasteiger partial charge in [0.25, 0.3) is 0 Å². The highest BCUT2D eigenvalue weighted by atomic mass is 16.6. The summed E-state index contributed by atoms with van der Waals surface area (Å²) < 4.78 is 6.90. The van der Waals surface area contributed by atoms with Gasteiger partial charge < -0.3 is 14.7 Å². The predicted molar refractivity (Wildman–Crippen MR) is 87.9 cm³/mol. The second kappa shape index (κ2) is 7.78. The Kier molecular flexibility index (Phi) is 5.27. The normalized spacial score (nSPS) is 17.3. The second-order valence-electron chi connectivity index (χ2n) is 6.13. The fourth-order valence-corrected chi connectivity index (χ4v) is 2.94. The van der Waals surface area contributed by atoms with Crippen LogP contribution in [0.2, 0.25) is 0 Å². The van der Waals surface area contributed by atoms with Crippen molar-refractivity contribution in [3.63, 3.8) is 0 Å². The van der Waals surface area contributed by atoms with E-state index in [0.29, 0.717) is 19.6 Å². The lowest BCUT2D eigenvalue weighted by molar-refractivity contribution is 0.0690. The number of nitrogens with zero attached hydrogens (tertiary/aromatic N) is 4. The first kappa shape index (κ1) is 16.9. The maximum absolute atomic E-state index is 12.3. The molecule has 8 heteroatoms. The fraction of sp³-hybridized carbons (Fsp3) is 0.412. The third-order valence-electron chi connectivity index (χ3n) is 4.19. The molecule has 8 nitrogen and oxygen atoms in total. The van der Waals surface area contributed by atoms with Crippen molar-refractivity contribution in [1.29, 1.82) is 0 Å². The molecule has 1 aromatic carbocycles. The van der Waals surface area contributed by atoms with E-state index in [1.54, 1.807) is 4.90 Å². The lowest BCUT2D eigenvalue weighted by Crippen LogP contribution is -2.41. The Morgan fingerprint density at radius 1 is 1.28 bits per heavy atom. The van der Waals surface area contributed by atoms with Crippen LogP contribution in [-0.4, -0.2) is 50.2 Å². The number of benzene rings is 1. The quantitative estimate of drug-likeness (QED) is 0.891. The number of hydrogen-bond acceptors (Lipinski definition) is 5. The second-order valence-corrected chi connectivity index (χ2v) is 6.13. The van der Waals surface area contributed by atoms with Crippen molar-refractivity contribution < 1.29 is 19.4 Å². The van der Waals surface area contributed by atoms with Gasteiger partial charge in [-0.3, -0.25) is 4.68 Å². The van der Waals surface area contributed by atoms with Gasteiger partial charge in [-0.1, -0.05) is 35.5 Å². The predicted octanol–water partition coefficient (Wildman–Crippen LogP) is 2.03. The molecule has 25 heavy (non-hydrogen) atoms. The lowest BCUT2D eigenvalue weighted by atomic mass is 9.98. The van der Waals surface area contributed by atoms with Gasteiger partial charge >= 0.3 is 12.1 Å². The monoisotopic (exact) mass is 344 g/mol. The van der Waals surface area contributed by atoms with Gasteiger partial charge in [0.05, 0.1) is 6.20 Å². The van der Waals surface area contributed by atoms with Gasteiger partial charge in [0.15, 0.2) is 5.69 Å². The van der Waals surface area contributed by atoms with Gasteiger partial charge in [-0.15, -0.1) is 5.10 Å². The SMILES string of the molecule is O=C(O)c1cn(C[C@H]2CCCN(C(=O)OCc3ccccc3)C2)nn1. The van der Waals surface area contributed by atoms with E-state index in [1.165, 1.54) is 10.9 Å². The number of likely N-dealkylation sites (tertiary alicyclic amines) is 1. The van der Waals surface area contributed by atoms with E-state index in [9.17, 15) is 9.59 Å². The molecule has 2 aromatic rings. The first-order chi connectivity index (χ1) is 12.1. The van der Waals surface area contributed by atoms with Crippen molar-refractivity contribution >= 4 is 12.1 Å². The largest absolute Gasteiger partial charge is 0.476 e. The van der Waals surface area contributed by atoms with Gasteiger partial charge in [-0.05, 0) is 24.3 Å². The van der Waals surface area contributed by atoms with Crippen LogP contribution in [-0.2, 0) is 17.9 Å². The molecule has 0 saturated carbocycles. The molecule has 3 rings (SSSR count). The van der Waals surface area contributed by atoms with Crippen molar-refractivity contribution in [2.45, 2.75) is 26.0 Å². The highest BCUT2D eigenvalue weighted by Gasteiger charge is 2.25. The van der Waals surface area contributed by atoms with Gasteiger partial charge in [-0.2, -0.15) is 0 Å². The summed E-state index contributed by atoms with van der Waals surface area (Å²) in [6.45, 7) is 2.02. The van der Waals surface area contributed by atoms with Crippen LogP contribution in [0, 0.1) is 5.92 Å². The summed E-state index contributed by atoms with van der Waals surface area (Å²) in [7, 11) is 0. The van der Waals surface area contributed by atoms with Crippen LogP contribution in [0.4, 0.5) is 4.79 Å². The van der Waals surface area contributed by atoms with Crippen LogP contribution in [0.25, 0.3) is 0 Å². The summed E-state index contributed by atoms with van der Waals surface area (Å²) in [5.74, 6) is -0.901. The minimum atomic E-state index is -1.10. The maximum atomic E-state index is 12.3. The molecule has 1 aromatic heterocycles. The molecule has 1 aliphatic heterocycles. The zero-order valence-corrected chi connectivity index (χ0v) is 13.7. The first-order valence-electron chi connectivity index (χ1n) is 8.21. The summed E-state index contributed by atoms with van der Waals surface area (Å²) in [6.07, 6.45) is 2.92. The third kappa shape index (κ3) is 4.56. The van der Waals surface area contributed by atoms with E-state index < -0.39 is 5.97 Å². The number of piperidine rings is 1. The molecule has 0 spiro atoms. The van der Waals surface area contributed by atoms with Crippen LogP contribution in [0.1, 0.15) is 28.9 Å². The standard InChI is InChI=1S/C17H20N4O4/c22-16(23)15-11-21(19-18-15)10-14-7-4-8-20(9-14)17(24)25-12-13-5-2-1-3-6-13/h1-3,5-6,11,14H,4,7-10,12H2,(H,22,23)/t14-/m0/s1. The van der Waals surface area contributed by atoms with E-state index in [-0.39, 0.29) is 24.3 Å². The highest BCUT2D eigenvalue weighted by molar-refractivity contribution is 5.84. The van der Waals surface area contributed by atoms with E-state index in [1.807, 2.05) is 30.3 Å². The van der Waals surface area contributed by atoms with E-state index >= 15 is 0 Å². The number of rotatable bonds is 5. The lowest BCUT2D eigenvalue weighted by Gasteiger charge is -2.31. The molecule has 2 heterocycles. The summed E-state index contributed by atoms with van der Waals surface area (Å²) in [5, 5.41) is 16.3. The van der Waals surface area contributed by atoms with Gasteiger partial charge in [0.2, 0.25) is 0 Å². The highest BCUT2D eigenvalue weighted by Crippen LogP contribution is 2.19. The van der Waals surface area contributed by atoms with Crippen LogP contribution >= 0.6 is 0 Å². The zero-order valence-electron chi connectivity index (χ0n) is 13.7. The maximum Gasteiger partial charge on any atom is 0.410 e. The number of carboxylic acids is 1. The zero-order chi connectivity index (χ0) is 17.6. The van der Waals surface area contributed by atoms with E-state index in [2.05, 4.69) is 10.3 Å². The van der Waals surface area contributed by atoms with Gasteiger partial charge in [0, 0.05) is 19.6 Å². The summed E-state index contributed by atoms with van der Waals surface area (Å²) in [6, 6.07) is 9.56. The topological polar surface area (TPSA) is 97.5 Å². The summed E-state index contributed by atoms with van der Waals surface area (Å²) in [4.78, 5) is 24.8. The first-order valence-corrected chi connectivity index (χ1v) is 8.21. The summed E-state index contributed by atoms with van der Waals surface area (Å²) >= 11 is 0. The number of carbonyl (C=O) groups is 2. The Hall–Kier alpha value is -2.90. The molecule has 1 aliphatic rings. The number of amides is 1. The van der Waals surface area contributed by atoms with Crippen molar-refractivity contribution in [2.24, 2.45) is 5.92 Å². The van der Waals surface area contributed by atoms with Crippen molar-refractivity contribution in [1.82, 2.24) is 19.9 Å². The van der Waals surface area contributed by atoms with Crippen LogP contribution in [0.15, 0.2) is 36.5 Å². The van der Waals surface area contributed by atoms with Crippen LogP contribution < -0.4 is 0 Å². The molecular weight excluding hydrogens is 324 g/mol. The van der Waals surface area contributed by atoms with Gasteiger partial charge in [0.1, 0.15) is 6.61 Å². The average molecular weight is 344 g/mol. The fourth-order valence-electron chi connectivity index (χ4n) is 2.94. The average Bonchev–Trinajstić information content (AvgIpc) is 3.09. The minimum absolute atomic E-state index is 0.0741. The molecule has 0 bridgehead atoms. The molecule has 132 valence electrons. The molecular formula is C17H20N4O4. The Morgan fingerprint density at radius 2 is 2.08 bits per heavy atom. The van der Waals surface area contributed by atoms with Crippen molar-refractivity contribution in [3.8, 4) is 0 Å². The molecule has 1 amide bonds. The molecule has 1 saturated heterocycles. The van der Waals surface area contributed by atoms with Crippen molar-refractivity contribution in [3.05, 3.63) is 47.8 Å². The third-order valence-corrected chi connectivity index (χ3v) is 4.19. The number of aromatic carboxylic acids is 1. The van der Waals surface area contributed by atoms with Crippen LogP contribution in [0.5, 0.6) is 0 Å². The molecule has 0 aliphatic carbocycles. The Labute approximate surface area is 145 Å². The van der Waals surface area contributed by atoms with Crippen molar-refractivity contribution in [2.75, 3.05) is 13.1 Å². The number of carboxylic acid groups (broad SMARTS) is 1. The Morgan fingerprint density at radius 3 is 2.80 bits per heavy atom. The summed E-state index contributed by atoms with van der Waals surface area (Å²) in [5.41, 5.74) is 0.878. The Bertz CT molecular complexity index is 731. The number of aromatic nitrogens is 3. The smallest absolute Gasteiger partial charge is 0.410 e. The number of hydrogen-bond donors (Lipinski definition) is 1. The molecule has 0 radical (unpaired) electrons. The van der Waals surface area contributed by atoms with E-state index in [4.69, 9.17) is 9.84 Å². The number of ether oxygens (including phenoxy) is 1. The van der Waals surface area contributed by atoms with Crippen LogP contribution in [0.3, 0.4) is 0 Å². The molecule has 0 unspecified atom stereocenters. The number of carbonyl (C=O) groups excluding carboxylic acids is 1. The van der Waals surface area contributed by atoms with E-state index in [0.717, 1.165) is 18.4 Å².